The molecule has 0 aliphatic rings. The fourth-order valence-corrected chi connectivity index (χ4v) is 1.72. The van der Waals surface area contributed by atoms with Crippen LogP contribution < -0.4 is 5.32 Å². The van der Waals surface area contributed by atoms with Crippen molar-refractivity contribution < 1.29 is 4.52 Å². The van der Waals surface area contributed by atoms with E-state index >= 15 is 0 Å². The average molecular weight is 253 g/mol. The standard InChI is InChI=1S/C14H27N3O/c1-10(2)12(5)17(6)9-14-7-13(16-18-14)8-15-11(3)4/h7,10-12,15H,8-9H2,1-6H3. The molecule has 0 saturated carbocycles. The van der Waals surface area contributed by atoms with Crippen LogP contribution >= 0.6 is 0 Å². The first-order valence-corrected chi connectivity index (χ1v) is 6.78. The molecule has 0 bridgehead atoms. The fraction of sp³-hybridized carbons (Fsp3) is 0.786. The lowest BCUT2D eigenvalue weighted by Crippen LogP contribution is -2.32. The van der Waals surface area contributed by atoms with Gasteiger partial charge in [0.25, 0.3) is 0 Å². The zero-order chi connectivity index (χ0) is 13.7. The van der Waals surface area contributed by atoms with Crippen molar-refractivity contribution in [2.24, 2.45) is 5.92 Å². The Balaban J connectivity index is 2.48. The third-order valence-corrected chi connectivity index (χ3v) is 3.36. The molecule has 0 aliphatic carbocycles. The highest BCUT2D eigenvalue weighted by molar-refractivity contribution is 5.05. The smallest absolute Gasteiger partial charge is 0.151 e. The summed E-state index contributed by atoms with van der Waals surface area (Å²) in [7, 11) is 2.12. The van der Waals surface area contributed by atoms with Crippen LogP contribution in [-0.2, 0) is 13.1 Å². The highest BCUT2D eigenvalue weighted by Gasteiger charge is 2.15. The van der Waals surface area contributed by atoms with Gasteiger partial charge in [-0.15, -0.1) is 0 Å². The van der Waals surface area contributed by atoms with Gasteiger partial charge in [0, 0.05) is 24.7 Å². The molecule has 104 valence electrons. The Morgan fingerprint density at radius 2 is 1.94 bits per heavy atom. The second kappa shape index (κ2) is 6.90. The quantitative estimate of drug-likeness (QED) is 0.811. The number of hydrogen-bond acceptors (Lipinski definition) is 4. The summed E-state index contributed by atoms with van der Waals surface area (Å²) >= 11 is 0. The number of aromatic nitrogens is 1. The molecule has 1 rings (SSSR count). The van der Waals surface area contributed by atoms with Crippen LogP contribution in [0.5, 0.6) is 0 Å². The molecule has 18 heavy (non-hydrogen) atoms. The largest absolute Gasteiger partial charge is 0.360 e. The number of nitrogens with zero attached hydrogens (tertiary/aromatic N) is 2. The van der Waals surface area contributed by atoms with Crippen LogP contribution in [0.4, 0.5) is 0 Å². The van der Waals surface area contributed by atoms with E-state index in [9.17, 15) is 0 Å². The summed E-state index contributed by atoms with van der Waals surface area (Å²) < 4.78 is 5.37. The molecule has 0 fully saturated rings. The number of nitrogens with one attached hydrogen (secondary N) is 1. The van der Waals surface area contributed by atoms with Crippen LogP contribution in [0.25, 0.3) is 0 Å². The van der Waals surface area contributed by atoms with Crippen molar-refractivity contribution in [1.82, 2.24) is 15.4 Å². The average Bonchev–Trinajstić information content (AvgIpc) is 2.72. The molecular weight excluding hydrogens is 226 g/mol. The monoisotopic (exact) mass is 253 g/mol. The van der Waals surface area contributed by atoms with E-state index in [1.54, 1.807) is 0 Å². The van der Waals surface area contributed by atoms with Gasteiger partial charge in [0.15, 0.2) is 5.76 Å². The number of hydrogen-bond donors (Lipinski definition) is 1. The maximum Gasteiger partial charge on any atom is 0.151 e. The van der Waals surface area contributed by atoms with Crippen LogP contribution in [-0.4, -0.2) is 29.2 Å². The second-order valence-corrected chi connectivity index (χ2v) is 5.72. The first kappa shape index (κ1) is 15.2. The predicted octanol–water partition coefficient (Wildman–Crippen LogP) is 2.65. The Bertz CT molecular complexity index is 347. The lowest BCUT2D eigenvalue weighted by Gasteiger charge is -2.26. The van der Waals surface area contributed by atoms with Crippen LogP contribution in [0.2, 0.25) is 0 Å². The third-order valence-electron chi connectivity index (χ3n) is 3.36. The minimum Gasteiger partial charge on any atom is -0.360 e. The van der Waals surface area contributed by atoms with E-state index in [0.717, 1.165) is 24.5 Å². The lowest BCUT2D eigenvalue weighted by atomic mass is 10.1. The van der Waals surface area contributed by atoms with Crippen molar-refractivity contribution in [2.45, 2.75) is 59.8 Å². The van der Waals surface area contributed by atoms with E-state index in [4.69, 9.17) is 4.52 Å². The van der Waals surface area contributed by atoms with Crippen LogP contribution in [0.1, 0.15) is 46.1 Å². The molecule has 0 radical (unpaired) electrons. The van der Waals surface area contributed by atoms with Crippen molar-refractivity contribution in [1.29, 1.82) is 0 Å². The Kier molecular flexibility index (Phi) is 5.82. The van der Waals surface area contributed by atoms with Gasteiger partial charge in [-0.1, -0.05) is 32.9 Å². The maximum absolute atomic E-state index is 5.37. The third kappa shape index (κ3) is 4.78. The van der Waals surface area contributed by atoms with Gasteiger partial charge in [0.05, 0.1) is 12.2 Å². The van der Waals surface area contributed by atoms with Gasteiger partial charge < -0.3 is 9.84 Å². The van der Waals surface area contributed by atoms with E-state index in [1.807, 2.05) is 6.07 Å². The molecule has 4 nitrogen and oxygen atoms in total. The SMILES string of the molecule is CC(C)NCc1cc(CN(C)C(C)C(C)C)on1. The first-order valence-electron chi connectivity index (χ1n) is 6.78. The lowest BCUT2D eigenvalue weighted by molar-refractivity contribution is 0.180. The van der Waals surface area contributed by atoms with Gasteiger partial charge in [0.1, 0.15) is 0 Å². The van der Waals surface area contributed by atoms with E-state index < -0.39 is 0 Å². The molecule has 1 aromatic rings. The van der Waals surface area contributed by atoms with Crippen molar-refractivity contribution in [2.75, 3.05) is 7.05 Å². The summed E-state index contributed by atoms with van der Waals surface area (Å²) in [5.41, 5.74) is 0.976. The fourth-order valence-electron chi connectivity index (χ4n) is 1.72. The Morgan fingerprint density at radius 3 is 2.50 bits per heavy atom. The van der Waals surface area contributed by atoms with Gasteiger partial charge >= 0.3 is 0 Å². The molecule has 4 heteroatoms. The Hall–Kier alpha value is -0.870. The molecule has 1 atom stereocenters. The predicted molar refractivity (Wildman–Crippen MR) is 74.2 cm³/mol. The highest BCUT2D eigenvalue weighted by Crippen LogP contribution is 2.13. The van der Waals surface area contributed by atoms with Gasteiger partial charge in [-0.2, -0.15) is 0 Å². The molecular formula is C14H27N3O. The molecule has 1 heterocycles. The molecule has 0 amide bonds. The van der Waals surface area contributed by atoms with Crippen LogP contribution in [0.3, 0.4) is 0 Å². The highest BCUT2D eigenvalue weighted by atomic mass is 16.5. The summed E-state index contributed by atoms with van der Waals surface area (Å²) in [6.45, 7) is 12.5. The minimum atomic E-state index is 0.466. The maximum atomic E-state index is 5.37. The molecule has 0 aromatic carbocycles. The van der Waals surface area contributed by atoms with E-state index in [-0.39, 0.29) is 0 Å². The zero-order valence-corrected chi connectivity index (χ0v) is 12.5. The second-order valence-electron chi connectivity index (χ2n) is 5.72. The molecule has 0 aliphatic heterocycles. The van der Waals surface area contributed by atoms with Crippen molar-refractivity contribution in [3.8, 4) is 0 Å². The summed E-state index contributed by atoms with van der Waals surface area (Å²) in [6.07, 6.45) is 0. The summed E-state index contributed by atoms with van der Waals surface area (Å²) in [4.78, 5) is 2.30. The Labute approximate surface area is 111 Å². The first-order chi connectivity index (χ1) is 8.40. The Morgan fingerprint density at radius 1 is 1.28 bits per heavy atom. The minimum absolute atomic E-state index is 0.466. The van der Waals surface area contributed by atoms with Crippen molar-refractivity contribution >= 4 is 0 Å². The van der Waals surface area contributed by atoms with E-state index in [2.05, 4.69) is 57.0 Å². The van der Waals surface area contributed by atoms with Gasteiger partial charge in [0.2, 0.25) is 0 Å². The topological polar surface area (TPSA) is 41.3 Å². The van der Waals surface area contributed by atoms with Crippen LogP contribution in [0, 0.1) is 5.92 Å². The normalized spacial score (nSPS) is 13.8. The molecule has 1 unspecified atom stereocenters. The van der Waals surface area contributed by atoms with Crippen LogP contribution in [0.15, 0.2) is 10.6 Å². The molecule has 1 aromatic heterocycles. The molecule has 0 saturated heterocycles. The van der Waals surface area contributed by atoms with Gasteiger partial charge in [-0.05, 0) is 19.9 Å². The molecule has 1 N–H and O–H groups in total. The number of rotatable bonds is 7. The summed E-state index contributed by atoms with van der Waals surface area (Å²) in [5.74, 6) is 1.57. The van der Waals surface area contributed by atoms with E-state index in [0.29, 0.717) is 18.0 Å². The van der Waals surface area contributed by atoms with Crippen molar-refractivity contribution in [3.63, 3.8) is 0 Å². The summed E-state index contributed by atoms with van der Waals surface area (Å²) in [6, 6.07) is 3.04. The van der Waals surface area contributed by atoms with E-state index in [1.165, 1.54) is 0 Å². The van der Waals surface area contributed by atoms with Crippen molar-refractivity contribution in [3.05, 3.63) is 17.5 Å². The van der Waals surface area contributed by atoms with Gasteiger partial charge in [-0.25, -0.2) is 0 Å². The summed E-state index contributed by atoms with van der Waals surface area (Å²) in [5, 5.41) is 7.41. The van der Waals surface area contributed by atoms with Gasteiger partial charge in [-0.3, -0.25) is 4.90 Å². The molecule has 0 spiro atoms. The zero-order valence-electron chi connectivity index (χ0n) is 12.5.